The Morgan fingerprint density at radius 1 is 1.17 bits per heavy atom. The molecule has 1 aliphatic carbocycles. The van der Waals surface area contributed by atoms with E-state index in [1.165, 1.54) is 26.8 Å². The van der Waals surface area contributed by atoms with Crippen LogP contribution < -0.4 is 10.6 Å². The zero-order chi connectivity index (χ0) is 25.3. The summed E-state index contributed by atoms with van der Waals surface area (Å²) in [5.74, 6) is -0.770. The van der Waals surface area contributed by atoms with Crippen molar-refractivity contribution >= 4 is 17.7 Å². The molecule has 1 atom stereocenters. The highest BCUT2D eigenvalue weighted by atomic mass is 16.2. The lowest BCUT2D eigenvalue weighted by molar-refractivity contribution is -0.133. The maximum absolute atomic E-state index is 13.1. The van der Waals surface area contributed by atoms with E-state index in [9.17, 15) is 14.4 Å². The van der Waals surface area contributed by atoms with Gasteiger partial charge in [0.25, 0.3) is 11.8 Å². The van der Waals surface area contributed by atoms with Gasteiger partial charge in [0.05, 0.1) is 6.54 Å². The van der Waals surface area contributed by atoms with Crippen LogP contribution in [0.15, 0.2) is 30.3 Å². The molecule has 2 aromatic rings. The Kier molecular flexibility index (Phi) is 6.83. The van der Waals surface area contributed by atoms with Crippen molar-refractivity contribution in [2.24, 2.45) is 0 Å². The fraction of sp³-hybridized carbons (Fsp3) is 0.556. The first-order valence-electron chi connectivity index (χ1n) is 13.1. The minimum atomic E-state index is -1.06. The third kappa shape index (κ3) is 4.76. The van der Waals surface area contributed by atoms with Gasteiger partial charge in [-0.3, -0.25) is 24.0 Å². The minimum Gasteiger partial charge on any atom is -0.351 e. The molecule has 1 saturated carbocycles. The molecule has 0 bridgehead atoms. The summed E-state index contributed by atoms with van der Waals surface area (Å²) in [5.41, 5.74) is 2.30. The second-order valence-electron chi connectivity index (χ2n) is 10.6. The van der Waals surface area contributed by atoms with Gasteiger partial charge in [0, 0.05) is 45.3 Å². The van der Waals surface area contributed by atoms with E-state index in [-0.39, 0.29) is 36.0 Å². The zero-order valence-corrected chi connectivity index (χ0v) is 21.3. The van der Waals surface area contributed by atoms with Gasteiger partial charge in [-0.2, -0.15) is 5.10 Å². The fourth-order valence-corrected chi connectivity index (χ4v) is 5.59. The van der Waals surface area contributed by atoms with Crippen molar-refractivity contribution in [2.75, 3.05) is 26.7 Å². The molecule has 1 fully saturated rings. The maximum atomic E-state index is 13.1. The highest BCUT2D eigenvalue weighted by Gasteiger charge is 2.46. The highest BCUT2D eigenvalue weighted by molar-refractivity contribution is 6.01. The summed E-state index contributed by atoms with van der Waals surface area (Å²) in [4.78, 5) is 42.9. The number of amides is 3. The predicted octanol–water partition coefficient (Wildman–Crippen LogP) is 1.96. The first-order valence-corrected chi connectivity index (χ1v) is 13.1. The Morgan fingerprint density at radius 2 is 1.92 bits per heavy atom. The van der Waals surface area contributed by atoms with Crippen LogP contribution >= 0.6 is 0 Å². The summed E-state index contributed by atoms with van der Waals surface area (Å²) in [6.07, 6.45) is 6.07. The number of likely N-dealkylation sites (N-methyl/N-ethyl adjacent to an activating group) is 1. The van der Waals surface area contributed by atoms with E-state index in [0.717, 1.165) is 58.2 Å². The molecular weight excluding hydrogens is 456 g/mol. The molecule has 0 saturated heterocycles. The van der Waals surface area contributed by atoms with E-state index in [0.29, 0.717) is 12.2 Å². The normalized spacial score (nSPS) is 22.3. The van der Waals surface area contributed by atoms with Crippen LogP contribution in [0, 0.1) is 0 Å². The average Bonchev–Trinajstić information content (AvgIpc) is 3.55. The lowest BCUT2D eigenvalue weighted by Crippen LogP contribution is -2.63. The number of aromatic nitrogens is 2. The number of fused-ring (bicyclic) bond motifs is 2. The first kappa shape index (κ1) is 24.5. The van der Waals surface area contributed by atoms with Gasteiger partial charge in [-0.1, -0.05) is 37.1 Å². The van der Waals surface area contributed by atoms with E-state index < -0.39 is 5.54 Å². The Morgan fingerprint density at radius 3 is 2.69 bits per heavy atom. The number of hydrogen-bond acceptors (Lipinski definition) is 5. The Bertz CT molecular complexity index is 1150. The molecule has 3 heterocycles. The number of benzene rings is 1. The molecule has 2 aliphatic heterocycles. The molecule has 1 aromatic heterocycles. The Labute approximate surface area is 212 Å². The van der Waals surface area contributed by atoms with Crippen molar-refractivity contribution in [2.45, 2.75) is 70.1 Å². The molecule has 5 rings (SSSR count). The standard InChI is InChI=1S/C27H36N6O3/c1-27(26(36)29-21-10-5-6-11-21)18-33-23(25(35)31(27)2)16-22(30-33)24(34)28-13-7-14-32-15-12-19-8-3-4-9-20(19)17-32/h3-4,8-9,16,21H,5-7,10-15,17-18H2,1-2H3,(H,28,34)(H,29,36). The van der Waals surface area contributed by atoms with E-state index in [4.69, 9.17) is 0 Å². The average molecular weight is 493 g/mol. The largest absolute Gasteiger partial charge is 0.351 e. The van der Waals surface area contributed by atoms with Gasteiger partial charge in [-0.25, -0.2) is 0 Å². The number of nitrogens with zero attached hydrogens (tertiary/aromatic N) is 4. The second kappa shape index (κ2) is 10.0. The third-order valence-corrected chi connectivity index (χ3v) is 8.06. The monoisotopic (exact) mass is 492 g/mol. The van der Waals surface area contributed by atoms with Gasteiger partial charge in [-0.15, -0.1) is 0 Å². The van der Waals surface area contributed by atoms with E-state index in [1.807, 2.05) is 0 Å². The molecule has 3 amide bonds. The maximum Gasteiger partial charge on any atom is 0.272 e. The number of hydrogen-bond donors (Lipinski definition) is 2. The lowest BCUT2D eigenvalue weighted by atomic mass is 9.95. The van der Waals surface area contributed by atoms with Gasteiger partial charge in [-0.05, 0) is 43.7 Å². The number of carbonyl (C=O) groups excluding carboxylic acids is 3. The molecule has 9 heteroatoms. The molecule has 0 radical (unpaired) electrons. The highest BCUT2D eigenvalue weighted by Crippen LogP contribution is 2.27. The Balaban J connectivity index is 1.16. The third-order valence-electron chi connectivity index (χ3n) is 8.06. The first-order chi connectivity index (χ1) is 17.3. The summed E-state index contributed by atoms with van der Waals surface area (Å²) >= 11 is 0. The SMILES string of the molecule is CN1C(=O)c2cc(C(=O)NCCCN3CCc4ccccc4C3)nn2CC1(C)C(=O)NC1CCCC1. The van der Waals surface area contributed by atoms with E-state index in [1.54, 1.807) is 14.0 Å². The molecule has 3 aliphatic rings. The van der Waals surface area contributed by atoms with Gasteiger partial charge in [0.1, 0.15) is 11.2 Å². The van der Waals surface area contributed by atoms with Crippen LogP contribution in [-0.4, -0.2) is 75.6 Å². The van der Waals surface area contributed by atoms with Crippen LogP contribution in [0.5, 0.6) is 0 Å². The van der Waals surface area contributed by atoms with E-state index >= 15 is 0 Å². The summed E-state index contributed by atoms with van der Waals surface area (Å²) in [6, 6.07) is 10.3. The number of rotatable bonds is 7. The molecule has 192 valence electrons. The van der Waals surface area contributed by atoms with Crippen molar-refractivity contribution in [3.05, 3.63) is 52.8 Å². The quantitative estimate of drug-likeness (QED) is 0.576. The minimum absolute atomic E-state index is 0.165. The van der Waals surface area contributed by atoms with Gasteiger partial charge >= 0.3 is 0 Å². The molecular formula is C27H36N6O3. The van der Waals surface area contributed by atoms with Gasteiger partial charge in [0.2, 0.25) is 5.91 Å². The number of carbonyl (C=O) groups is 3. The molecule has 9 nitrogen and oxygen atoms in total. The van der Waals surface area contributed by atoms with Crippen LogP contribution in [0.3, 0.4) is 0 Å². The Hall–Kier alpha value is -3.20. The fourth-order valence-electron chi connectivity index (χ4n) is 5.59. The van der Waals surface area contributed by atoms with Crippen LogP contribution in [0.2, 0.25) is 0 Å². The summed E-state index contributed by atoms with van der Waals surface area (Å²) in [7, 11) is 1.64. The zero-order valence-electron chi connectivity index (χ0n) is 21.3. The van der Waals surface area contributed by atoms with Crippen LogP contribution in [-0.2, 0) is 24.3 Å². The predicted molar refractivity (Wildman–Crippen MR) is 135 cm³/mol. The van der Waals surface area contributed by atoms with Crippen molar-refractivity contribution in [3.8, 4) is 0 Å². The molecule has 2 N–H and O–H groups in total. The topological polar surface area (TPSA) is 99.6 Å². The van der Waals surface area contributed by atoms with Gasteiger partial charge in [0.15, 0.2) is 5.69 Å². The molecule has 36 heavy (non-hydrogen) atoms. The number of nitrogens with one attached hydrogen (secondary N) is 2. The van der Waals surface area contributed by atoms with Crippen molar-refractivity contribution < 1.29 is 14.4 Å². The molecule has 1 unspecified atom stereocenters. The molecule has 1 aromatic carbocycles. The van der Waals surface area contributed by atoms with Crippen LogP contribution in [0.25, 0.3) is 0 Å². The summed E-state index contributed by atoms with van der Waals surface area (Å²) < 4.78 is 1.51. The lowest BCUT2D eigenvalue weighted by Gasteiger charge is -2.41. The van der Waals surface area contributed by atoms with Crippen molar-refractivity contribution in [3.63, 3.8) is 0 Å². The molecule has 0 spiro atoms. The van der Waals surface area contributed by atoms with E-state index in [2.05, 4.69) is 44.9 Å². The van der Waals surface area contributed by atoms with Crippen LogP contribution in [0.4, 0.5) is 0 Å². The van der Waals surface area contributed by atoms with Crippen LogP contribution in [0.1, 0.15) is 71.1 Å². The van der Waals surface area contributed by atoms with Gasteiger partial charge < -0.3 is 15.5 Å². The summed E-state index contributed by atoms with van der Waals surface area (Å²) in [5, 5.41) is 10.5. The second-order valence-corrected chi connectivity index (χ2v) is 10.6. The van der Waals surface area contributed by atoms with Crippen molar-refractivity contribution in [1.82, 2.24) is 30.2 Å². The van der Waals surface area contributed by atoms with Crippen molar-refractivity contribution in [1.29, 1.82) is 0 Å². The smallest absolute Gasteiger partial charge is 0.272 e. The summed E-state index contributed by atoms with van der Waals surface area (Å²) in [6.45, 7) is 5.40.